The summed E-state index contributed by atoms with van der Waals surface area (Å²) in [6.45, 7) is 7.98. The van der Waals surface area contributed by atoms with Crippen LogP contribution in [0.2, 0.25) is 0 Å². The molecule has 0 aromatic heterocycles. The number of carbonyl (C=O) groups excluding carboxylic acids is 1. The molecule has 124 valence electrons. The van der Waals surface area contributed by atoms with Gasteiger partial charge in [0, 0.05) is 5.56 Å². The topological polar surface area (TPSA) is 95.2 Å². The van der Waals surface area contributed by atoms with Crippen LogP contribution < -0.4 is 21.4 Å². The fourth-order valence-electron chi connectivity index (χ4n) is 2.14. The van der Waals surface area contributed by atoms with Crippen molar-refractivity contribution < 1.29 is 18.8 Å². The maximum atomic E-state index is 10.7. The predicted octanol–water partition coefficient (Wildman–Crippen LogP) is 0.997. The lowest BCUT2D eigenvalue weighted by Crippen LogP contribution is -2.41. The molecule has 0 bridgehead atoms. The summed E-state index contributed by atoms with van der Waals surface area (Å²) in [5.74, 6) is 0.611. The highest BCUT2D eigenvalue weighted by Gasteiger charge is 2.51. The normalized spacial score (nSPS) is 19.1. The molecule has 1 aromatic rings. The minimum Gasteiger partial charge on any atom is -0.496 e. The van der Waals surface area contributed by atoms with Crippen molar-refractivity contribution in [2.75, 3.05) is 7.11 Å². The van der Waals surface area contributed by atoms with E-state index in [1.54, 1.807) is 13.2 Å². The Labute approximate surface area is 136 Å². The summed E-state index contributed by atoms with van der Waals surface area (Å²) in [5.41, 5.74) is 7.81. The van der Waals surface area contributed by atoms with E-state index in [0.717, 1.165) is 5.46 Å². The lowest BCUT2D eigenvalue weighted by atomic mass is 9.78. The van der Waals surface area contributed by atoms with Gasteiger partial charge < -0.3 is 19.8 Å². The molecule has 8 heteroatoms. The quantitative estimate of drug-likeness (QED) is 0.492. The van der Waals surface area contributed by atoms with Gasteiger partial charge in [-0.2, -0.15) is 5.10 Å². The molecule has 1 heterocycles. The van der Waals surface area contributed by atoms with Crippen LogP contribution in [-0.4, -0.2) is 37.7 Å². The van der Waals surface area contributed by atoms with Crippen LogP contribution >= 0.6 is 0 Å². The van der Waals surface area contributed by atoms with Crippen LogP contribution in [0.1, 0.15) is 33.3 Å². The number of methoxy groups -OCH3 is 1. The van der Waals surface area contributed by atoms with Crippen LogP contribution in [0, 0.1) is 0 Å². The molecule has 7 nitrogen and oxygen atoms in total. The average Bonchev–Trinajstić information content (AvgIpc) is 2.67. The van der Waals surface area contributed by atoms with E-state index in [0.29, 0.717) is 11.3 Å². The van der Waals surface area contributed by atoms with Crippen LogP contribution in [0.25, 0.3) is 0 Å². The number of primary amides is 1. The third-order valence-electron chi connectivity index (χ3n) is 4.16. The molecule has 0 atom stereocenters. The highest BCUT2D eigenvalue weighted by Crippen LogP contribution is 2.36. The van der Waals surface area contributed by atoms with Crippen molar-refractivity contribution in [1.29, 1.82) is 0 Å². The number of nitrogens with two attached hydrogens (primary N) is 1. The zero-order valence-electron chi connectivity index (χ0n) is 14.0. The summed E-state index contributed by atoms with van der Waals surface area (Å²) in [6.07, 6.45) is 1.46. The van der Waals surface area contributed by atoms with Gasteiger partial charge in [0.1, 0.15) is 5.75 Å². The van der Waals surface area contributed by atoms with Crippen molar-refractivity contribution in [3.8, 4) is 5.75 Å². The highest BCUT2D eigenvalue weighted by atomic mass is 16.7. The first-order valence-corrected chi connectivity index (χ1v) is 7.28. The van der Waals surface area contributed by atoms with Gasteiger partial charge in [0.2, 0.25) is 0 Å². The highest BCUT2D eigenvalue weighted by molar-refractivity contribution is 6.62. The summed E-state index contributed by atoms with van der Waals surface area (Å²) in [6, 6.07) is 4.78. The van der Waals surface area contributed by atoms with E-state index in [4.69, 9.17) is 19.8 Å². The number of amides is 2. The molecule has 1 aliphatic rings. The Morgan fingerprint density at radius 3 is 2.43 bits per heavy atom. The second-order valence-corrected chi connectivity index (χ2v) is 6.32. The molecule has 1 aromatic carbocycles. The number of hydrogen-bond donors (Lipinski definition) is 2. The van der Waals surface area contributed by atoms with Crippen molar-refractivity contribution in [2.24, 2.45) is 10.8 Å². The van der Waals surface area contributed by atoms with E-state index in [2.05, 4.69) is 10.5 Å². The Morgan fingerprint density at radius 1 is 1.30 bits per heavy atom. The molecule has 23 heavy (non-hydrogen) atoms. The van der Waals surface area contributed by atoms with Gasteiger partial charge in [-0.25, -0.2) is 10.2 Å². The number of nitrogens with one attached hydrogen (secondary N) is 1. The van der Waals surface area contributed by atoms with E-state index >= 15 is 0 Å². The van der Waals surface area contributed by atoms with E-state index in [1.165, 1.54) is 6.21 Å². The number of ether oxygens (including phenoxy) is 1. The van der Waals surface area contributed by atoms with Gasteiger partial charge in [-0.15, -0.1) is 0 Å². The molecular weight excluding hydrogens is 297 g/mol. The number of benzene rings is 1. The van der Waals surface area contributed by atoms with Gasteiger partial charge in [-0.3, -0.25) is 0 Å². The summed E-state index contributed by atoms with van der Waals surface area (Å²) >= 11 is 0. The molecule has 1 saturated heterocycles. The second-order valence-electron chi connectivity index (χ2n) is 6.32. The zero-order valence-corrected chi connectivity index (χ0v) is 14.0. The van der Waals surface area contributed by atoms with E-state index in [-0.39, 0.29) is 0 Å². The molecular formula is C15H22BN3O4. The Bertz CT molecular complexity index is 615. The van der Waals surface area contributed by atoms with Crippen LogP contribution in [0.4, 0.5) is 4.79 Å². The largest absolute Gasteiger partial charge is 0.496 e. The number of carbonyl (C=O) groups is 1. The van der Waals surface area contributed by atoms with Crippen LogP contribution in [0.15, 0.2) is 23.3 Å². The predicted molar refractivity (Wildman–Crippen MR) is 89.0 cm³/mol. The molecule has 0 unspecified atom stereocenters. The second kappa shape index (κ2) is 6.21. The Balaban J connectivity index is 2.28. The first-order chi connectivity index (χ1) is 10.7. The van der Waals surface area contributed by atoms with E-state index in [1.807, 2.05) is 39.8 Å². The average molecular weight is 319 g/mol. The SMILES string of the molecule is COc1ccc(B2OC(C)(C)C(C)(C)O2)cc1C=NNC(N)=O. The first kappa shape index (κ1) is 17.3. The molecule has 0 spiro atoms. The maximum Gasteiger partial charge on any atom is 0.494 e. The van der Waals surface area contributed by atoms with Gasteiger partial charge in [-0.05, 0) is 45.3 Å². The van der Waals surface area contributed by atoms with Gasteiger partial charge in [-0.1, -0.05) is 6.07 Å². The van der Waals surface area contributed by atoms with Crippen molar-refractivity contribution in [3.05, 3.63) is 23.8 Å². The molecule has 3 N–H and O–H groups in total. The third-order valence-corrected chi connectivity index (χ3v) is 4.16. The van der Waals surface area contributed by atoms with Gasteiger partial charge in [0.15, 0.2) is 0 Å². The number of hydrogen-bond acceptors (Lipinski definition) is 5. The fourth-order valence-corrected chi connectivity index (χ4v) is 2.14. The van der Waals surface area contributed by atoms with Crippen molar-refractivity contribution in [3.63, 3.8) is 0 Å². The molecule has 0 saturated carbocycles. The molecule has 2 rings (SSSR count). The van der Waals surface area contributed by atoms with Crippen LogP contribution in [0.5, 0.6) is 5.75 Å². The van der Waals surface area contributed by atoms with Crippen molar-refractivity contribution in [1.82, 2.24) is 5.43 Å². The Hall–Kier alpha value is -2.06. The Kier molecular flexibility index (Phi) is 4.67. The molecule has 1 aliphatic heterocycles. The molecule has 0 radical (unpaired) electrons. The van der Waals surface area contributed by atoms with Crippen LogP contribution in [0.3, 0.4) is 0 Å². The monoisotopic (exact) mass is 319 g/mol. The summed E-state index contributed by atoms with van der Waals surface area (Å²) < 4.78 is 17.3. The number of rotatable bonds is 4. The third kappa shape index (κ3) is 3.65. The minimum absolute atomic E-state index is 0.417. The van der Waals surface area contributed by atoms with E-state index < -0.39 is 24.4 Å². The number of urea groups is 1. The lowest BCUT2D eigenvalue weighted by molar-refractivity contribution is 0.00578. The lowest BCUT2D eigenvalue weighted by Gasteiger charge is -2.32. The smallest absolute Gasteiger partial charge is 0.494 e. The summed E-state index contributed by atoms with van der Waals surface area (Å²) in [7, 11) is 1.07. The van der Waals surface area contributed by atoms with Gasteiger partial charge >= 0.3 is 13.1 Å². The standard InChI is InChI=1S/C15H22BN3O4/c1-14(2)15(3,4)23-16(22-14)11-6-7-12(21-5)10(8-11)9-18-19-13(17)20/h6-9H,1-5H3,(H3,17,19,20). The minimum atomic E-state index is -0.734. The Morgan fingerprint density at radius 2 is 1.91 bits per heavy atom. The van der Waals surface area contributed by atoms with Crippen molar-refractivity contribution >= 4 is 24.8 Å². The van der Waals surface area contributed by atoms with Gasteiger partial charge in [0.25, 0.3) is 0 Å². The maximum absolute atomic E-state index is 10.7. The molecule has 2 amide bonds. The zero-order chi connectivity index (χ0) is 17.3. The summed E-state index contributed by atoms with van der Waals surface area (Å²) in [5, 5.41) is 3.76. The van der Waals surface area contributed by atoms with Gasteiger partial charge in [0.05, 0.1) is 24.5 Å². The summed E-state index contributed by atoms with van der Waals surface area (Å²) in [4.78, 5) is 10.7. The number of nitrogens with zero attached hydrogens (tertiary/aromatic N) is 1. The first-order valence-electron chi connectivity index (χ1n) is 7.28. The molecule has 1 fully saturated rings. The number of hydrazone groups is 1. The van der Waals surface area contributed by atoms with Crippen LogP contribution in [-0.2, 0) is 9.31 Å². The van der Waals surface area contributed by atoms with E-state index in [9.17, 15) is 4.79 Å². The molecule has 0 aliphatic carbocycles. The fraction of sp³-hybridized carbons (Fsp3) is 0.467. The van der Waals surface area contributed by atoms with Crippen molar-refractivity contribution in [2.45, 2.75) is 38.9 Å².